The lowest BCUT2D eigenvalue weighted by atomic mass is 10.0. The molecule has 2 amide bonds. The molecule has 0 bridgehead atoms. The van der Waals surface area contributed by atoms with Gasteiger partial charge in [0.2, 0.25) is 21.8 Å². The van der Waals surface area contributed by atoms with Gasteiger partial charge in [0.15, 0.2) is 0 Å². The van der Waals surface area contributed by atoms with Gasteiger partial charge in [-0.3, -0.25) is 13.9 Å². The highest BCUT2D eigenvalue weighted by atomic mass is 35.5. The summed E-state index contributed by atoms with van der Waals surface area (Å²) >= 11 is 12.4. The van der Waals surface area contributed by atoms with Gasteiger partial charge in [-0.25, -0.2) is 8.42 Å². The number of carbonyl (C=O) groups is 2. The average Bonchev–Trinajstić information content (AvgIpc) is 2.95. The molecule has 1 N–H and O–H groups in total. The molecule has 0 aromatic heterocycles. The lowest BCUT2D eigenvalue weighted by Gasteiger charge is -2.33. The molecule has 226 valence electrons. The summed E-state index contributed by atoms with van der Waals surface area (Å²) in [7, 11) is -3.58. The Bertz CT molecular complexity index is 1450. The lowest BCUT2D eigenvalue weighted by molar-refractivity contribution is -0.141. The van der Waals surface area contributed by atoms with Crippen molar-refractivity contribution in [3.8, 4) is 0 Å². The van der Waals surface area contributed by atoms with Gasteiger partial charge < -0.3 is 10.2 Å². The Morgan fingerprint density at radius 3 is 2.19 bits per heavy atom. The molecule has 0 spiro atoms. The van der Waals surface area contributed by atoms with E-state index in [2.05, 4.69) is 5.32 Å². The average molecular weight is 633 g/mol. The summed E-state index contributed by atoms with van der Waals surface area (Å²) < 4.78 is 26.5. The molecular weight excluding hydrogens is 593 g/mol. The third-order valence-corrected chi connectivity index (χ3v) is 9.02. The van der Waals surface area contributed by atoms with E-state index in [1.165, 1.54) is 4.31 Å². The number of hydrogen-bond acceptors (Lipinski definition) is 4. The molecule has 0 aliphatic heterocycles. The van der Waals surface area contributed by atoms with Gasteiger partial charge in [-0.1, -0.05) is 84.2 Å². The maximum Gasteiger partial charge on any atom is 0.243 e. The van der Waals surface area contributed by atoms with Crippen LogP contribution in [0.15, 0.2) is 72.8 Å². The van der Waals surface area contributed by atoms with Crippen LogP contribution in [0.1, 0.15) is 49.8 Å². The van der Waals surface area contributed by atoms with Crippen molar-refractivity contribution in [1.82, 2.24) is 10.2 Å². The van der Waals surface area contributed by atoms with Crippen LogP contribution in [-0.4, -0.2) is 50.0 Å². The maximum atomic E-state index is 13.9. The van der Waals surface area contributed by atoms with Crippen LogP contribution in [0, 0.1) is 6.92 Å². The molecule has 0 radical (unpaired) electrons. The van der Waals surface area contributed by atoms with Crippen molar-refractivity contribution in [2.75, 3.05) is 17.1 Å². The fourth-order valence-electron chi connectivity index (χ4n) is 4.54. The number of anilines is 1. The molecule has 0 saturated heterocycles. The minimum Gasteiger partial charge on any atom is -0.352 e. The van der Waals surface area contributed by atoms with E-state index in [0.717, 1.165) is 29.4 Å². The number of halogens is 2. The van der Waals surface area contributed by atoms with Gasteiger partial charge in [0.1, 0.15) is 6.04 Å². The number of amides is 2. The topological polar surface area (TPSA) is 86.8 Å². The molecular formula is C32H39Cl2N3O4S. The molecule has 3 aromatic carbocycles. The Labute approximate surface area is 259 Å². The Morgan fingerprint density at radius 2 is 1.60 bits per heavy atom. The molecule has 2 atom stereocenters. The number of rotatable bonds is 14. The van der Waals surface area contributed by atoms with Crippen LogP contribution in [0.3, 0.4) is 0 Å². The number of aryl methyl sites for hydroxylation is 1. The standard InChI is InChI=1S/C32H39Cl2N3O4S/c1-5-24(3)35-32(39)30(21-25-10-7-6-8-11-25)36(22-26-15-18-28(33)29(34)20-26)31(38)12-9-19-37(42(4,40)41)27-16-13-23(2)14-17-27/h6-8,10-11,13-18,20,24,30H,5,9,12,19,21-22H2,1-4H3,(H,35,39)/t24-,30+/m1/s1. The van der Waals surface area contributed by atoms with E-state index in [-0.39, 0.29) is 43.8 Å². The summed E-state index contributed by atoms with van der Waals surface area (Å²) in [4.78, 5) is 29.2. The van der Waals surface area contributed by atoms with Gasteiger partial charge >= 0.3 is 0 Å². The first kappa shape index (κ1) is 33.4. The predicted molar refractivity (Wildman–Crippen MR) is 171 cm³/mol. The Hall–Kier alpha value is -3.07. The highest BCUT2D eigenvalue weighted by Gasteiger charge is 2.31. The summed E-state index contributed by atoms with van der Waals surface area (Å²) in [6.45, 7) is 6.09. The van der Waals surface area contributed by atoms with Crippen molar-refractivity contribution >= 4 is 50.7 Å². The summed E-state index contributed by atoms with van der Waals surface area (Å²) in [6.07, 6.45) is 2.52. The van der Waals surface area contributed by atoms with Crippen LogP contribution >= 0.6 is 23.2 Å². The molecule has 0 fully saturated rings. The van der Waals surface area contributed by atoms with Crippen molar-refractivity contribution in [2.45, 2.75) is 65.1 Å². The minimum absolute atomic E-state index is 0.0428. The quantitative estimate of drug-likeness (QED) is 0.223. The number of nitrogens with one attached hydrogen (secondary N) is 1. The molecule has 0 saturated carbocycles. The molecule has 0 heterocycles. The van der Waals surface area contributed by atoms with Crippen LogP contribution in [0.5, 0.6) is 0 Å². The van der Waals surface area contributed by atoms with E-state index >= 15 is 0 Å². The van der Waals surface area contributed by atoms with E-state index < -0.39 is 16.1 Å². The van der Waals surface area contributed by atoms with E-state index in [0.29, 0.717) is 22.2 Å². The minimum atomic E-state index is -3.58. The molecule has 0 unspecified atom stereocenters. The Balaban J connectivity index is 1.91. The third-order valence-electron chi connectivity index (χ3n) is 7.08. The number of nitrogens with zero attached hydrogens (tertiary/aromatic N) is 2. The molecule has 0 aliphatic carbocycles. The number of carbonyl (C=O) groups excluding carboxylic acids is 2. The fourth-order valence-corrected chi connectivity index (χ4v) is 5.83. The number of hydrogen-bond donors (Lipinski definition) is 1. The van der Waals surface area contributed by atoms with Crippen LogP contribution in [0.2, 0.25) is 10.0 Å². The van der Waals surface area contributed by atoms with Gasteiger partial charge in [-0.15, -0.1) is 0 Å². The molecule has 7 nitrogen and oxygen atoms in total. The van der Waals surface area contributed by atoms with E-state index in [1.54, 1.807) is 35.2 Å². The normalized spacial score (nSPS) is 12.8. The zero-order valence-corrected chi connectivity index (χ0v) is 26.8. The van der Waals surface area contributed by atoms with E-state index in [4.69, 9.17) is 23.2 Å². The van der Waals surface area contributed by atoms with Crippen molar-refractivity contribution in [1.29, 1.82) is 0 Å². The van der Waals surface area contributed by atoms with Gasteiger partial charge in [0.25, 0.3) is 0 Å². The summed E-state index contributed by atoms with van der Waals surface area (Å²) in [6, 6.07) is 21.0. The first-order valence-electron chi connectivity index (χ1n) is 14.0. The van der Waals surface area contributed by atoms with Gasteiger partial charge in [-0.05, 0) is 62.1 Å². The van der Waals surface area contributed by atoms with Gasteiger partial charge in [0.05, 0.1) is 22.0 Å². The highest BCUT2D eigenvalue weighted by Crippen LogP contribution is 2.25. The van der Waals surface area contributed by atoms with Crippen molar-refractivity contribution in [3.63, 3.8) is 0 Å². The second-order valence-electron chi connectivity index (χ2n) is 10.6. The van der Waals surface area contributed by atoms with Crippen molar-refractivity contribution in [3.05, 3.63) is 99.5 Å². The second kappa shape index (κ2) is 15.4. The smallest absolute Gasteiger partial charge is 0.243 e. The number of sulfonamides is 1. The second-order valence-corrected chi connectivity index (χ2v) is 13.3. The summed E-state index contributed by atoms with van der Waals surface area (Å²) in [5.74, 6) is -0.516. The molecule has 3 rings (SSSR count). The van der Waals surface area contributed by atoms with E-state index in [1.807, 2.05) is 63.2 Å². The first-order valence-corrected chi connectivity index (χ1v) is 16.6. The van der Waals surface area contributed by atoms with Crippen LogP contribution < -0.4 is 9.62 Å². The summed E-state index contributed by atoms with van der Waals surface area (Å²) in [5.41, 5.74) is 3.19. The fraction of sp³-hybridized carbons (Fsp3) is 0.375. The third kappa shape index (κ3) is 9.75. The largest absolute Gasteiger partial charge is 0.352 e. The molecule has 3 aromatic rings. The molecule has 0 aliphatic rings. The van der Waals surface area contributed by atoms with E-state index in [9.17, 15) is 18.0 Å². The predicted octanol–water partition coefficient (Wildman–Crippen LogP) is 6.40. The van der Waals surface area contributed by atoms with Gasteiger partial charge in [0, 0.05) is 32.0 Å². The zero-order chi connectivity index (χ0) is 30.9. The highest BCUT2D eigenvalue weighted by molar-refractivity contribution is 7.92. The van der Waals surface area contributed by atoms with Crippen molar-refractivity contribution in [2.24, 2.45) is 0 Å². The first-order chi connectivity index (χ1) is 19.9. The SMILES string of the molecule is CC[C@@H](C)NC(=O)[C@H](Cc1ccccc1)N(Cc1ccc(Cl)c(Cl)c1)C(=O)CCCN(c1ccc(C)cc1)S(C)(=O)=O. The Kier molecular flexibility index (Phi) is 12.3. The number of benzene rings is 3. The van der Waals surface area contributed by atoms with Gasteiger partial charge in [-0.2, -0.15) is 0 Å². The van der Waals surface area contributed by atoms with Crippen LogP contribution in [0.25, 0.3) is 0 Å². The van der Waals surface area contributed by atoms with Crippen molar-refractivity contribution < 1.29 is 18.0 Å². The van der Waals surface area contributed by atoms with Crippen LogP contribution in [0.4, 0.5) is 5.69 Å². The maximum absolute atomic E-state index is 13.9. The van der Waals surface area contributed by atoms with Crippen LogP contribution in [-0.2, 0) is 32.6 Å². The lowest BCUT2D eigenvalue weighted by Crippen LogP contribution is -2.52. The monoisotopic (exact) mass is 631 g/mol. The molecule has 10 heteroatoms. The zero-order valence-electron chi connectivity index (χ0n) is 24.5. The molecule has 42 heavy (non-hydrogen) atoms. The summed E-state index contributed by atoms with van der Waals surface area (Å²) in [5, 5.41) is 3.79. The Morgan fingerprint density at radius 1 is 0.929 bits per heavy atom.